The molecule has 5 heteroatoms. The van der Waals surface area contributed by atoms with Gasteiger partial charge in [0.15, 0.2) is 0 Å². The minimum Gasteiger partial charge on any atom is -0.378 e. The third-order valence-electron chi connectivity index (χ3n) is 3.70. The third kappa shape index (κ3) is 4.23. The average Bonchev–Trinajstić information content (AvgIpc) is 2.40. The topological polar surface area (TPSA) is 62.4 Å². The van der Waals surface area contributed by atoms with Crippen molar-refractivity contribution in [3.8, 4) is 0 Å². The van der Waals surface area contributed by atoms with Crippen LogP contribution in [-0.2, 0) is 9.53 Å². The summed E-state index contributed by atoms with van der Waals surface area (Å²) in [7, 11) is 0. The van der Waals surface area contributed by atoms with Crippen molar-refractivity contribution in [3.63, 3.8) is 0 Å². The van der Waals surface area contributed by atoms with Crippen LogP contribution < -0.4 is 16.0 Å². The Morgan fingerprint density at radius 2 is 2.22 bits per heavy atom. The Bertz CT molecular complexity index is 259. The highest BCUT2D eigenvalue weighted by atomic mass is 16.5. The van der Waals surface area contributed by atoms with Crippen molar-refractivity contribution >= 4 is 5.91 Å². The number of carbonyl (C=O) groups is 1. The van der Waals surface area contributed by atoms with Crippen molar-refractivity contribution in [3.05, 3.63) is 0 Å². The lowest BCUT2D eigenvalue weighted by Crippen LogP contribution is -2.59. The van der Waals surface area contributed by atoms with Crippen molar-refractivity contribution < 1.29 is 9.53 Å². The van der Waals surface area contributed by atoms with Crippen LogP contribution in [0, 0.1) is 0 Å². The Morgan fingerprint density at radius 3 is 2.89 bits per heavy atom. The SMILES string of the molecule is CC1CNC(C(=O)NCCC2CCCCO2)CN1. The minimum absolute atomic E-state index is 0.0894. The van der Waals surface area contributed by atoms with E-state index in [-0.39, 0.29) is 11.9 Å². The van der Waals surface area contributed by atoms with Crippen LogP contribution in [0.5, 0.6) is 0 Å². The van der Waals surface area contributed by atoms with Crippen LogP contribution in [0.1, 0.15) is 32.6 Å². The maximum atomic E-state index is 11.9. The Balaban J connectivity index is 1.59. The second-order valence-corrected chi connectivity index (χ2v) is 5.34. The van der Waals surface area contributed by atoms with Gasteiger partial charge in [0.2, 0.25) is 5.91 Å². The first kappa shape index (κ1) is 13.8. The summed E-state index contributed by atoms with van der Waals surface area (Å²) in [5.41, 5.74) is 0. The summed E-state index contributed by atoms with van der Waals surface area (Å²) in [5.74, 6) is 0.102. The van der Waals surface area contributed by atoms with E-state index in [2.05, 4.69) is 22.9 Å². The summed E-state index contributed by atoms with van der Waals surface area (Å²) in [6, 6.07) is 0.359. The van der Waals surface area contributed by atoms with Gasteiger partial charge in [0.05, 0.1) is 12.1 Å². The summed E-state index contributed by atoms with van der Waals surface area (Å²) in [6.45, 7) is 5.28. The fraction of sp³-hybridized carbons (Fsp3) is 0.923. The van der Waals surface area contributed by atoms with E-state index >= 15 is 0 Å². The molecule has 0 aromatic carbocycles. The fourth-order valence-electron chi connectivity index (χ4n) is 2.48. The van der Waals surface area contributed by atoms with Crippen molar-refractivity contribution in [1.29, 1.82) is 0 Å². The number of hydrogen-bond acceptors (Lipinski definition) is 4. The molecule has 0 radical (unpaired) electrons. The van der Waals surface area contributed by atoms with E-state index in [0.29, 0.717) is 18.7 Å². The van der Waals surface area contributed by atoms with Gasteiger partial charge in [-0.15, -0.1) is 0 Å². The number of rotatable bonds is 4. The molecule has 2 heterocycles. The van der Waals surface area contributed by atoms with Gasteiger partial charge < -0.3 is 20.7 Å². The maximum Gasteiger partial charge on any atom is 0.238 e. The molecule has 3 atom stereocenters. The molecule has 3 N–H and O–H groups in total. The van der Waals surface area contributed by atoms with E-state index in [0.717, 1.165) is 32.5 Å². The van der Waals surface area contributed by atoms with Gasteiger partial charge in [0.25, 0.3) is 0 Å². The van der Waals surface area contributed by atoms with Crippen LogP contribution in [0.2, 0.25) is 0 Å². The lowest BCUT2D eigenvalue weighted by Gasteiger charge is -2.28. The van der Waals surface area contributed by atoms with Gasteiger partial charge >= 0.3 is 0 Å². The highest BCUT2D eigenvalue weighted by molar-refractivity contribution is 5.82. The van der Waals surface area contributed by atoms with Crippen LogP contribution in [0.25, 0.3) is 0 Å². The number of nitrogens with one attached hydrogen (secondary N) is 3. The van der Waals surface area contributed by atoms with Crippen LogP contribution in [0.3, 0.4) is 0 Å². The van der Waals surface area contributed by atoms with Gasteiger partial charge in [-0.3, -0.25) is 4.79 Å². The standard InChI is InChI=1S/C13H25N3O2/c1-10-8-16-12(9-15-10)13(17)14-6-5-11-4-2-3-7-18-11/h10-12,15-16H,2-9H2,1H3,(H,14,17). The van der Waals surface area contributed by atoms with E-state index in [1.807, 2.05) is 0 Å². The molecule has 2 aliphatic rings. The number of carbonyl (C=O) groups excluding carboxylic acids is 1. The second kappa shape index (κ2) is 7.07. The van der Waals surface area contributed by atoms with E-state index < -0.39 is 0 Å². The van der Waals surface area contributed by atoms with Gasteiger partial charge in [0.1, 0.15) is 0 Å². The van der Waals surface area contributed by atoms with Crippen LogP contribution in [0.4, 0.5) is 0 Å². The molecule has 18 heavy (non-hydrogen) atoms. The summed E-state index contributed by atoms with van der Waals surface area (Å²) in [6.07, 6.45) is 4.85. The Hall–Kier alpha value is -0.650. The quantitative estimate of drug-likeness (QED) is 0.662. The monoisotopic (exact) mass is 255 g/mol. The molecule has 0 saturated carbocycles. The molecule has 3 unspecified atom stereocenters. The molecule has 0 spiro atoms. The molecule has 0 bridgehead atoms. The highest BCUT2D eigenvalue weighted by Gasteiger charge is 2.23. The Morgan fingerprint density at radius 1 is 1.33 bits per heavy atom. The zero-order chi connectivity index (χ0) is 12.8. The van der Waals surface area contributed by atoms with Crippen LogP contribution in [0.15, 0.2) is 0 Å². The molecule has 0 aliphatic carbocycles. The molecular formula is C13H25N3O2. The first-order chi connectivity index (χ1) is 8.75. The molecule has 1 amide bonds. The van der Waals surface area contributed by atoms with Crippen molar-refractivity contribution in [2.75, 3.05) is 26.2 Å². The van der Waals surface area contributed by atoms with Gasteiger partial charge in [-0.25, -0.2) is 0 Å². The minimum atomic E-state index is -0.0894. The lowest BCUT2D eigenvalue weighted by atomic mass is 10.1. The Labute approximate surface area is 109 Å². The van der Waals surface area contributed by atoms with Crippen molar-refractivity contribution in [1.82, 2.24) is 16.0 Å². The zero-order valence-corrected chi connectivity index (χ0v) is 11.2. The summed E-state index contributed by atoms with van der Waals surface area (Å²) >= 11 is 0. The molecule has 5 nitrogen and oxygen atoms in total. The average molecular weight is 255 g/mol. The smallest absolute Gasteiger partial charge is 0.238 e. The van der Waals surface area contributed by atoms with E-state index in [1.54, 1.807) is 0 Å². The number of ether oxygens (including phenoxy) is 1. The Kier molecular flexibility index (Phi) is 5.41. The summed E-state index contributed by atoms with van der Waals surface area (Å²) in [5, 5.41) is 9.55. The van der Waals surface area contributed by atoms with E-state index in [9.17, 15) is 4.79 Å². The maximum absolute atomic E-state index is 11.9. The zero-order valence-electron chi connectivity index (χ0n) is 11.2. The molecule has 0 aromatic heterocycles. The van der Waals surface area contributed by atoms with Gasteiger partial charge in [-0.05, 0) is 32.6 Å². The van der Waals surface area contributed by atoms with Gasteiger partial charge in [0, 0.05) is 32.3 Å². The van der Waals surface area contributed by atoms with Crippen molar-refractivity contribution in [2.24, 2.45) is 0 Å². The molecule has 2 aliphatic heterocycles. The number of hydrogen-bond donors (Lipinski definition) is 3. The number of amides is 1. The van der Waals surface area contributed by atoms with E-state index in [4.69, 9.17) is 4.74 Å². The van der Waals surface area contributed by atoms with Gasteiger partial charge in [-0.2, -0.15) is 0 Å². The third-order valence-corrected chi connectivity index (χ3v) is 3.70. The predicted octanol–water partition coefficient (Wildman–Crippen LogP) is 0.0117. The summed E-state index contributed by atoms with van der Waals surface area (Å²) in [4.78, 5) is 11.9. The first-order valence-corrected chi connectivity index (χ1v) is 7.12. The fourth-order valence-corrected chi connectivity index (χ4v) is 2.48. The predicted molar refractivity (Wildman–Crippen MR) is 70.5 cm³/mol. The number of piperazine rings is 1. The molecule has 2 fully saturated rings. The normalized spacial score (nSPS) is 33.1. The molecule has 2 rings (SSSR count). The van der Waals surface area contributed by atoms with Crippen LogP contribution >= 0.6 is 0 Å². The largest absolute Gasteiger partial charge is 0.378 e. The molecule has 0 aromatic rings. The molecule has 2 saturated heterocycles. The lowest BCUT2D eigenvalue weighted by molar-refractivity contribution is -0.123. The van der Waals surface area contributed by atoms with E-state index in [1.165, 1.54) is 12.8 Å². The summed E-state index contributed by atoms with van der Waals surface area (Å²) < 4.78 is 5.64. The first-order valence-electron chi connectivity index (χ1n) is 7.12. The van der Waals surface area contributed by atoms with Crippen LogP contribution in [-0.4, -0.2) is 50.3 Å². The van der Waals surface area contributed by atoms with Gasteiger partial charge in [-0.1, -0.05) is 0 Å². The molecular weight excluding hydrogens is 230 g/mol. The molecule has 104 valence electrons. The second-order valence-electron chi connectivity index (χ2n) is 5.34. The van der Waals surface area contributed by atoms with Crippen molar-refractivity contribution in [2.45, 2.75) is 50.8 Å². The highest BCUT2D eigenvalue weighted by Crippen LogP contribution is 2.14.